The predicted molar refractivity (Wildman–Crippen MR) is 79.7 cm³/mol. The Labute approximate surface area is 118 Å². The summed E-state index contributed by atoms with van der Waals surface area (Å²) in [6, 6.07) is 3.00. The first kappa shape index (κ1) is 13.3. The van der Waals surface area contributed by atoms with E-state index in [1.807, 2.05) is 13.8 Å². The highest BCUT2D eigenvalue weighted by Gasteiger charge is 2.10. The molecule has 0 aliphatic heterocycles. The SMILES string of the molecule is CC(C)Cc1nc2cc3c(=O)[nH][nH]c(=O)c3cc2[nH]c1=O. The van der Waals surface area contributed by atoms with Crippen molar-refractivity contribution in [2.45, 2.75) is 20.3 Å². The van der Waals surface area contributed by atoms with Crippen LogP contribution in [-0.4, -0.2) is 20.2 Å². The number of H-pyrrole nitrogens is 3. The monoisotopic (exact) mass is 286 g/mol. The van der Waals surface area contributed by atoms with Gasteiger partial charge in [-0.2, -0.15) is 0 Å². The molecule has 7 nitrogen and oxygen atoms in total. The largest absolute Gasteiger partial charge is 0.319 e. The second kappa shape index (κ2) is 4.69. The van der Waals surface area contributed by atoms with Crippen molar-refractivity contribution in [1.82, 2.24) is 20.2 Å². The van der Waals surface area contributed by atoms with E-state index >= 15 is 0 Å². The van der Waals surface area contributed by atoms with Crippen LogP contribution in [0.15, 0.2) is 26.5 Å². The molecule has 2 heterocycles. The molecule has 0 unspecified atom stereocenters. The average molecular weight is 286 g/mol. The molecule has 0 saturated heterocycles. The van der Waals surface area contributed by atoms with Crippen LogP contribution in [0.25, 0.3) is 21.8 Å². The lowest BCUT2D eigenvalue weighted by Gasteiger charge is -2.05. The Balaban J connectivity index is 2.39. The highest BCUT2D eigenvalue weighted by molar-refractivity contribution is 5.93. The minimum absolute atomic E-state index is 0.223. The maximum absolute atomic E-state index is 12.0. The fraction of sp³-hybridized carbons (Fsp3) is 0.286. The molecular weight excluding hydrogens is 272 g/mol. The summed E-state index contributed by atoms with van der Waals surface area (Å²) in [6.45, 7) is 3.99. The number of benzene rings is 1. The second-order valence-corrected chi connectivity index (χ2v) is 5.43. The number of nitrogens with one attached hydrogen (secondary N) is 3. The van der Waals surface area contributed by atoms with Gasteiger partial charge in [-0.15, -0.1) is 0 Å². The van der Waals surface area contributed by atoms with Crippen LogP contribution in [0.4, 0.5) is 0 Å². The molecule has 3 N–H and O–H groups in total. The Morgan fingerprint density at radius 2 is 1.62 bits per heavy atom. The highest BCUT2D eigenvalue weighted by Crippen LogP contribution is 2.14. The van der Waals surface area contributed by atoms with Crippen LogP contribution in [0.2, 0.25) is 0 Å². The lowest BCUT2D eigenvalue weighted by molar-refractivity contribution is 0.631. The molecule has 0 saturated carbocycles. The molecule has 7 heteroatoms. The van der Waals surface area contributed by atoms with Crippen molar-refractivity contribution in [2.75, 3.05) is 0 Å². The van der Waals surface area contributed by atoms with E-state index in [0.717, 1.165) is 0 Å². The fourth-order valence-corrected chi connectivity index (χ4v) is 2.32. The zero-order valence-corrected chi connectivity index (χ0v) is 11.6. The molecule has 21 heavy (non-hydrogen) atoms. The molecule has 0 aliphatic carbocycles. The van der Waals surface area contributed by atoms with E-state index < -0.39 is 11.1 Å². The third-order valence-corrected chi connectivity index (χ3v) is 3.28. The molecular formula is C14H14N4O3. The molecule has 0 fully saturated rings. The van der Waals surface area contributed by atoms with Crippen molar-refractivity contribution < 1.29 is 0 Å². The van der Waals surface area contributed by atoms with Gasteiger partial charge in [0.25, 0.3) is 16.7 Å². The van der Waals surface area contributed by atoms with Gasteiger partial charge < -0.3 is 4.98 Å². The fourth-order valence-electron chi connectivity index (χ4n) is 2.32. The standard InChI is InChI=1S/C14H14N4O3/c1-6(2)3-11-14(21)16-10-5-8-7(4-9(10)15-11)12(19)17-18-13(8)20/h4-6H,3H2,1-2H3,(H,16,21)(H,17,19)(H,18,20). The smallest absolute Gasteiger partial charge is 0.270 e. The number of nitrogens with zero attached hydrogens (tertiary/aromatic N) is 1. The summed E-state index contributed by atoms with van der Waals surface area (Å²) in [5.74, 6) is 0.294. The molecule has 0 spiro atoms. The first-order valence-corrected chi connectivity index (χ1v) is 6.63. The number of rotatable bonds is 2. The Morgan fingerprint density at radius 3 is 2.24 bits per heavy atom. The number of hydrogen-bond acceptors (Lipinski definition) is 4. The topological polar surface area (TPSA) is 111 Å². The van der Waals surface area contributed by atoms with Crippen LogP contribution in [0.5, 0.6) is 0 Å². The number of fused-ring (bicyclic) bond motifs is 2. The molecule has 0 aliphatic rings. The molecule has 2 aromatic heterocycles. The minimum atomic E-state index is -0.418. The summed E-state index contributed by atoms with van der Waals surface area (Å²) >= 11 is 0. The minimum Gasteiger partial charge on any atom is -0.319 e. The van der Waals surface area contributed by atoms with E-state index in [-0.39, 0.29) is 16.3 Å². The Morgan fingerprint density at radius 1 is 1.00 bits per heavy atom. The van der Waals surface area contributed by atoms with Gasteiger partial charge in [-0.1, -0.05) is 13.8 Å². The van der Waals surface area contributed by atoms with Crippen molar-refractivity contribution >= 4 is 21.8 Å². The maximum atomic E-state index is 12.0. The van der Waals surface area contributed by atoms with Crippen LogP contribution < -0.4 is 16.7 Å². The van der Waals surface area contributed by atoms with E-state index in [1.165, 1.54) is 12.1 Å². The normalized spacial score (nSPS) is 11.6. The summed E-state index contributed by atoms with van der Waals surface area (Å²) in [6.07, 6.45) is 0.551. The molecule has 1 aromatic carbocycles. The first-order valence-electron chi connectivity index (χ1n) is 6.63. The van der Waals surface area contributed by atoms with Crippen LogP contribution >= 0.6 is 0 Å². The van der Waals surface area contributed by atoms with Gasteiger partial charge in [0.2, 0.25) is 0 Å². The summed E-state index contributed by atoms with van der Waals surface area (Å²) in [7, 11) is 0. The van der Waals surface area contributed by atoms with Crippen LogP contribution in [0.3, 0.4) is 0 Å². The van der Waals surface area contributed by atoms with E-state index in [2.05, 4.69) is 20.2 Å². The Bertz CT molecular complexity index is 1010. The van der Waals surface area contributed by atoms with Gasteiger partial charge in [0, 0.05) is 0 Å². The molecule has 0 radical (unpaired) electrons. The molecule has 0 atom stereocenters. The van der Waals surface area contributed by atoms with Crippen molar-refractivity contribution in [2.24, 2.45) is 5.92 Å². The maximum Gasteiger partial charge on any atom is 0.270 e. The Kier molecular flexibility index (Phi) is 2.97. The van der Waals surface area contributed by atoms with E-state index in [1.54, 1.807) is 0 Å². The van der Waals surface area contributed by atoms with Gasteiger partial charge in [-0.05, 0) is 24.5 Å². The van der Waals surface area contributed by atoms with Crippen molar-refractivity contribution in [3.05, 3.63) is 48.9 Å². The predicted octanol–water partition coefficient (Wildman–Crippen LogP) is 0.651. The molecule has 0 amide bonds. The number of hydrogen-bond donors (Lipinski definition) is 3. The zero-order valence-electron chi connectivity index (χ0n) is 11.6. The van der Waals surface area contributed by atoms with Gasteiger partial charge in [0.05, 0.1) is 21.8 Å². The second-order valence-electron chi connectivity index (χ2n) is 5.43. The van der Waals surface area contributed by atoms with Crippen molar-refractivity contribution in [3.8, 4) is 0 Å². The quantitative estimate of drug-likeness (QED) is 0.600. The first-order chi connectivity index (χ1) is 9.95. The van der Waals surface area contributed by atoms with Gasteiger partial charge >= 0.3 is 0 Å². The number of aromatic amines is 3. The number of aromatic nitrogens is 4. The van der Waals surface area contributed by atoms with E-state index in [9.17, 15) is 14.4 Å². The van der Waals surface area contributed by atoms with Crippen LogP contribution in [-0.2, 0) is 6.42 Å². The molecule has 3 rings (SSSR count). The summed E-state index contributed by atoms with van der Waals surface area (Å²) in [5.41, 5.74) is 0.281. The van der Waals surface area contributed by atoms with E-state index in [4.69, 9.17) is 0 Å². The third kappa shape index (κ3) is 2.26. The van der Waals surface area contributed by atoms with Gasteiger partial charge in [0.15, 0.2) is 0 Å². The lowest BCUT2D eigenvalue weighted by atomic mass is 10.1. The molecule has 0 bridgehead atoms. The van der Waals surface area contributed by atoms with Gasteiger partial charge in [-0.25, -0.2) is 4.98 Å². The van der Waals surface area contributed by atoms with Crippen molar-refractivity contribution in [3.63, 3.8) is 0 Å². The summed E-state index contributed by atoms with van der Waals surface area (Å²) in [5, 5.41) is 5.00. The third-order valence-electron chi connectivity index (χ3n) is 3.28. The molecule has 108 valence electrons. The van der Waals surface area contributed by atoms with Crippen LogP contribution in [0.1, 0.15) is 19.5 Å². The van der Waals surface area contributed by atoms with E-state index in [0.29, 0.717) is 29.1 Å². The van der Waals surface area contributed by atoms with Crippen LogP contribution in [0, 0.1) is 5.92 Å². The Hall–Kier alpha value is -2.70. The lowest BCUT2D eigenvalue weighted by Crippen LogP contribution is -2.20. The molecule has 3 aromatic rings. The van der Waals surface area contributed by atoms with Crippen molar-refractivity contribution in [1.29, 1.82) is 0 Å². The highest BCUT2D eigenvalue weighted by atomic mass is 16.1. The van der Waals surface area contributed by atoms with Gasteiger partial charge in [0.1, 0.15) is 5.69 Å². The summed E-state index contributed by atoms with van der Waals surface area (Å²) < 4.78 is 0. The average Bonchev–Trinajstić information content (AvgIpc) is 2.42. The zero-order chi connectivity index (χ0) is 15.1. The summed E-state index contributed by atoms with van der Waals surface area (Å²) in [4.78, 5) is 42.5. The van der Waals surface area contributed by atoms with Gasteiger partial charge in [-0.3, -0.25) is 24.6 Å².